The van der Waals surface area contributed by atoms with Crippen molar-refractivity contribution in [1.29, 1.82) is 0 Å². The maximum absolute atomic E-state index is 13.0. The predicted octanol–water partition coefficient (Wildman–Crippen LogP) is 0.630. The third-order valence-electron chi connectivity index (χ3n) is 3.50. The lowest BCUT2D eigenvalue weighted by Gasteiger charge is -2.17. The number of carbonyl (C=O) groups is 1. The molecule has 1 atom stereocenters. The van der Waals surface area contributed by atoms with E-state index in [1.165, 1.54) is 16.8 Å². The minimum Gasteiger partial charge on any atom is -0.354 e. The second kappa shape index (κ2) is 8.33. The van der Waals surface area contributed by atoms with Gasteiger partial charge in [-0.1, -0.05) is 12.1 Å². The molecule has 1 aromatic heterocycles. The normalized spacial score (nSPS) is 12.1. The Hall–Kier alpha value is -2.35. The van der Waals surface area contributed by atoms with Crippen LogP contribution in [0, 0.1) is 12.7 Å². The van der Waals surface area contributed by atoms with Crippen LogP contribution in [-0.4, -0.2) is 46.3 Å². The number of aryl methyl sites for hydroxylation is 1. The summed E-state index contributed by atoms with van der Waals surface area (Å²) in [4.78, 5) is 12.5. The van der Waals surface area contributed by atoms with Gasteiger partial charge in [-0.3, -0.25) is 4.79 Å². The van der Waals surface area contributed by atoms with E-state index in [0.29, 0.717) is 18.8 Å². The number of tetrazole rings is 1. The molecular weight excluding hydrogens is 299 g/mol. The summed E-state index contributed by atoms with van der Waals surface area (Å²) in [7, 11) is 1.86. The third kappa shape index (κ3) is 4.82. The Morgan fingerprint density at radius 3 is 2.65 bits per heavy atom. The zero-order valence-corrected chi connectivity index (χ0v) is 13.3. The molecule has 7 nitrogen and oxygen atoms in total. The molecular formula is C15H21FN6O. The van der Waals surface area contributed by atoms with E-state index in [4.69, 9.17) is 0 Å². The second-order valence-electron chi connectivity index (χ2n) is 5.27. The molecule has 1 amide bonds. The van der Waals surface area contributed by atoms with Crippen LogP contribution in [0.5, 0.6) is 0 Å². The van der Waals surface area contributed by atoms with Gasteiger partial charge in [-0.2, -0.15) is 0 Å². The molecule has 0 saturated carbocycles. The molecule has 124 valence electrons. The fraction of sp³-hybridized carbons (Fsp3) is 0.467. The Labute approximate surface area is 134 Å². The monoisotopic (exact) mass is 320 g/mol. The summed E-state index contributed by atoms with van der Waals surface area (Å²) in [6.07, 6.45) is 1.23. The van der Waals surface area contributed by atoms with Crippen molar-refractivity contribution in [3.8, 4) is 0 Å². The molecule has 0 aliphatic rings. The van der Waals surface area contributed by atoms with Crippen LogP contribution in [0.2, 0.25) is 0 Å². The minimum absolute atomic E-state index is 0.152. The summed E-state index contributed by atoms with van der Waals surface area (Å²) in [5.74, 6) is 0.101. The van der Waals surface area contributed by atoms with Crippen LogP contribution in [-0.2, 0) is 11.2 Å². The van der Waals surface area contributed by atoms with E-state index in [1.807, 2.05) is 7.05 Å². The van der Waals surface area contributed by atoms with E-state index in [0.717, 1.165) is 18.5 Å². The van der Waals surface area contributed by atoms with Gasteiger partial charge in [0.05, 0.1) is 0 Å². The van der Waals surface area contributed by atoms with E-state index < -0.39 is 6.04 Å². The molecule has 1 aromatic carbocycles. The average molecular weight is 320 g/mol. The van der Waals surface area contributed by atoms with Gasteiger partial charge < -0.3 is 10.6 Å². The zero-order valence-electron chi connectivity index (χ0n) is 13.3. The molecule has 0 spiro atoms. The summed E-state index contributed by atoms with van der Waals surface area (Å²) in [5.41, 5.74) is 0.844. The first-order valence-electron chi connectivity index (χ1n) is 7.53. The first kappa shape index (κ1) is 17.0. The molecule has 1 heterocycles. The van der Waals surface area contributed by atoms with Crippen molar-refractivity contribution in [1.82, 2.24) is 30.8 Å². The lowest BCUT2D eigenvalue weighted by Crippen LogP contribution is -2.36. The van der Waals surface area contributed by atoms with Gasteiger partial charge in [0.1, 0.15) is 17.7 Å². The number of halogens is 1. The number of nitrogens with zero attached hydrogens (tertiary/aromatic N) is 4. The van der Waals surface area contributed by atoms with Crippen molar-refractivity contribution in [2.75, 3.05) is 20.1 Å². The quantitative estimate of drug-likeness (QED) is 0.697. The van der Waals surface area contributed by atoms with Crippen LogP contribution < -0.4 is 10.6 Å². The van der Waals surface area contributed by atoms with Crippen LogP contribution in [0.4, 0.5) is 4.39 Å². The van der Waals surface area contributed by atoms with E-state index in [-0.39, 0.29) is 11.7 Å². The molecule has 1 unspecified atom stereocenters. The van der Waals surface area contributed by atoms with Crippen LogP contribution >= 0.6 is 0 Å². The van der Waals surface area contributed by atoms with Crippen LogP contribution in [0.1, 0.15) is 23.9 Å². The molecule has 8 heteroatoms. The molecule has 0 aliphatic heterocycles. The van der Waals surface area contributed by atoms with Gasteiger partial charge in [0, 0.05) is 13.0 Å². The lowest BCUT2D eigenvalue weighted by molar-refractivity contribution is -0.124. The molecule has 0 saturated heterocycles. The van der Waals surface area contributed by atoms with Crippen molar-refractivity contribution in [2.24, 2.45) is 0 Å². The topological polar surface area (TPSA) is 84.7 Å². The highest BCUT2D eigenvalue weighted by Crippen LogP contribution is 2.15. The highest BCUT2D eigenvalue weighted by atomic mass is 19.1. The van der Waals surface area contributed by atoms with Crippen LogP contribution in [0.15, 0.2) is 24.3 Å². The second-order valence-corrected chi connectivity index (χ2v) is 5.27. The number of carbonyl (C=O) groups excluding carboxylic acids is 1. The standard InChI is InChI=1S/C15H21FN6O/c1-11-19-20-21-22(11)14(15(23)18-9-3-8-17-2)10-12-4-6-13(16)7-5-12/h4-7,14,17H,3,8-10H2,1-2H3,(H,18,23). The SMILES string of the molecule is CNCCCNC(=O)C(Cc1ccc(F)cc1)n1nnnc1C. The van der Waals surface area contributed by atoms with Gasteiger partial charge >= 0.3 is 0 Å². The highest BCUT2D eigenvalue weighted by molar-refractivity contribution is 5.80. The van der Waals surface area contributed by atoms with Gasteiger partial charge in [-0.05, 0) is 55.1 Å². The number of hydrogen-bond donors (Lipinski definition) is 2. The van der Waals surface area contributed by atoms with Crippen molar-refractivity contribution in [3.63, 3.8) is 0 Å². The van der Waals surface area contributed by atoms with E-state index in [1.54, 1.807) is 19.1 Å². The molecule has 2 aromatic rings. The maximum atomic E-state index is 13.0. The number of nitrogens with one attached hydrogen (secondary N) is 2. The summed E-state index contributed by atoms with van der Waals surface area (Å²) < 4.78 is 14.5. The largest absolute Gasteiger partial charge is 0.354 e. The van der Waals surface area contributed by atoms with Crippen molar-refractivity contribution >= 4 is 5.91 Å². The van der Waals surface area contributed by atoms with Gasteiger partial charge in [0.2, 0.25) is 5.91 Å². The Morgan fingerprint density at radius 1 is 1.30 bits per heavy atom. The first-order chi connectivity index (χ1) is 11.1. The summed E-state index contributed by atoms with van der Waals surface area (Å²) >= 11 is 0. The Bertz CT molecular complexity index is 627. The maximum Gasteiger partial charge on any atom is 0.245 e. The number of benzene rings is 1. The number of amides is 1. The number of rotatable bonds is 8. The van der Waals surface area contributed by atoms with Crippen LogP contribution in [0.25, 0.3) is 0 Å². The van der Waals surface area contributed by atoms with Crippen LogP contribution in [0.3, 0.4) is 0 Å². The molecule has 2 rings (SSSR count). The fourth-order valence-corrected chi connectivity index (χ4v) is 2.25. The number of hydrogen-bond acceptors (Lipinski definition) is 5. The van der Waals surface area contributed by atoms with E-state index in [2.05, 4.69) is 26.2 Å². The molecule has 0 fully saturated rings. The van der Waals surface area contributed by atoms with Gasteiger partial charge in [-0.25, -0.2) is 9.07 Å². The van der Waals surface area contributed by atoms with Gasteiger partial charge in [0.25, 0.3) is 0 Å². The molecule has 2 N–H and O–H groups in total. The molecule has 0 bridgehead atoms. The van der Waals surface area contributed by atoms with Crippen molar-refractivity contribution < 1.29 is 9.18 Å². The molecule has 23 heavy (non-hydrogen) atoms. The molecule has 0 radical (unpaired) electrons. The van der Waals surface area contributed by atoms with Gasteiger partial charge in [0.15, 0.2) is 0 Å². The predicted molar refractivity (Wildman–Crippen MR) is 83.2 cm³/mol. The fourth-order valence-electron chi connectivity index (χ4n) is 2.25. The van der Waals surface area contributed by atoms with Gasteiger partial charge in [-0.15, -0.1) is 5.10 Å². The van der Waals surface area contributed by atoms with Crippen molar-refractivity contribution in [2.45, 2.75) is 25.8 Å². The third-order valence-corrected chi connectivity index (χ3v) is 3.50. The minimum atomic E-state index is -0.565. The van der Waals surface area contributed by atoms with E-state index in [9.17, 15) is 9.18 Å². The summed E-state index contributed by atoms with van der Waals surface area (Å²) in [6.45, 7) is 3.14. The van der Waals surface area contributed by atoms with E-state index >= 15 is 0 Å². The first-order valence-corrected chi connectivity index (χ1v) is 7.53. The van der Waals surface area contributed by atoms with Crippen molar-refractivity contribution in [3.05, 3.63) is 41.5 Å². The Morgan fingerprint density at radius 2 is 2.04 bits per heavy atom. The summed E-state index contributed by atoms with van der Waals surface area (Å²) in [5, 5.41) is 17.3. The Kier molecular flexibility index (Phi) is 6.16. The average Bonchev–Trinajstić information content (AvgIpc) is 2.96. The Balaban J connectivity index is 2.10. The lowest BCUT2D eigenvalue weighted by atomic mass is 10.1. The zero-order chi connectivity index (χ0) is 16.7. The molecule has 0 aliphatic carbocycles. The number of aromatic nitrogens is 4. The highest BCUT2D eigenvalue weighted by Gasteiger charge is 2.23. The smallest absolute Gasteiger partial charge is 0.245 e. The summed E-state index contributed by atoms with van der Waals surface area (Å²) in [6, 6.07) is 5.52.